The summed E-state index contributed by atoms with van der Waals surface area (Å²) in [6.45, 7) is 2.35. The molecular formula is C22H25N5O2. The van der Waals surface area contributed by atoms with Gasteiger partial charge in [-0.25, -0.2) is 0 Å². The first kappa shape index (κ1) is 19.1. The lowest BCUT2D eigenvalue weighted by atomic mass is 9.95. The summed E-state index contributed by atoms with van der Waals surface area (Å²) in [6.07, 6.45) is 6.12. The number of anilines is 1. The monoisotopic (exact) mass is 391 g/mol. The van der Waals surface area contributed by atoms with Crippen molar-refractivity contribution in [2.45, 2.75) is 25.7 Å². The van der Waals surface area contributed by atoms with Crippen LogP contribution in [0.15, 0.2) is 48.7 Å². The Bertz CT molecular complexity index is 974. The highest BCUT2D eigenvalue weighted by molar-refractivity contribution is 5.79. The molecule has 1 saturated heterocycles. The van der Waals surface area contributed by atoms with E-state index >= 15 is 0 Å². The normalized spacial score (nSPS) is 14.8. The highest BCUT2D eigenvalue weighted by Crippen LogP contribution is 2.23. The molecule has 1 amide bonds. The van der Waals surface area contributed by atoms with Gasteiger partial charge in [-0.2, -0.15) is 0 Å². The number of carbonyl (C=O) groups excluding carboxylic acids is 2. The predicted molar refractivity (Wildman–Crippen MR) is 111 cm³/mol. The number of benzene rings is 1. The van der Waals surface area contributed by atoms with Crippen molar-refractivity contribution in [3.8, 4) is 0 Å². The third kappa shape index (κ3) is 4.45. The quantitative estimate of drug-likeness (QED) is 0.494. The van der Waals surface area contributed by atoms with Crippen LogP contribution in [0.25, 0.3) is 5.65 Å². The number of rotatable bonds is 7. The second-order valence-electron chi connectivity index (χ2n) is 7.41. The van der Waals surface area contributed by atoms with E-state index in [9.17, 15) is 9.59 Å². The number of amides is 1. The van der Waals surface area contributed by atoms with Crippen LogP contribution in [0.5, 0.6) is 0 Å². The molecule has 1 aliphatic rings. The molecule has 0 radical (unpaired) electrons. The lowest BCUT2D eigenvalue weighted by Gasteiger charge is -2.33. The number of aryl methyl sites for hydroxylation is 1. The van der Waals surface area contributed by atoms with E-state index < -0.39 is 0 Å². The number of hydrogen-bond donors (Lipinski definition) is 1. The minimum Gasteiger partial charge on any atom is -0.371 e. The van der Waals surface area contributed by atoms with Crippen LogP contribution in [0.1, 0.15) is 35.4 Å². The number of nitrogens with zero attached hydrogens (tertiary/aromatic N) is 4. The van der Waals surface area contributed by atoms with E-state index in [1.807, 2.05) is 53.1 Å². The Kier molecular flexibility index (Phi) is 5.84. The highest BCUT2D eigenvalue weighted by Gasteiger charge is 2.24. The third-order valence-corrected chi connectivity index (χ3v) is 5.52. The molecule has 4 rings (SSSR count). The molecule has 2 aromatic heterocycles. The minimum atomic E-state index is 0.0643. The van der Waals surface area contributed by atoms with E-state index in [0.717, 1.165) is 62.2 Å². The third-order valence-electron chi connectivity index (χ3n) is 5.52. The summed E-state index contributed by atoms with van der Waals surface area (Å²) < 4.78 is 1.99. The molecule has 0 atom stereocenters. The van der Waals surface area contributed by atoms with Crippen molar-refractivity contribution >= 4 is 23.5 Å². The van der Waals surface area contributed by atoms with Gasteiger partial charge in [0.25, 0.3) is 0 Å². The smallest absolute Gasteiger partial charge is 0.223 e. The lowest BCUT2D eigenvalue weighted by molar-refractivity contribution is -0.125. The van der Waals surface area contributed by atoms with Crippen molar-refractivity contribution in [2.75, 3.05) is 24.5 Å². The van der Waals surface area contributed by atoms with Crippen LogP contribution < -0.4 is 10.2 Å². The number of fused-ring (bicyclic) bond motifs is 1. The minimum absolute atomic E-state index is 0.0643. The van der Waals surface area contributed by atoms with E-state index in [1.165, 1.54) is 0 Å². The van der Waals surface area contributed by atoms with Crippen molar-refractivity contribution in [1.82, 2.24) is 19.9 Å². The molecule has 7 heteroatoms. The average Bonchev–Trinajstić information content (AvgIpc) is 3.20. The molecule has 7 nitrogen and oxygen atoms in total. The second-order valence-corrected chi connectivity index (χ2v) is 7.41. The van der Waals surface area contributed by atoms with Gasteiger partial charge in [-0.3, -0.25) is 14.0 Å². The molecule has 1 aromatic carbocycles. The Hall–Kier alpha value is -3.22. The number of hydrogen-bond acceptors (Lipinski definition) is 5. The first-order chi connectivity index (χ1) is 14.2. The summed E-state index contributed by atoms with van der Waals surface area (Å²) >= 11 is 0. The van der Waals surface area contributed by atoms with E-state index in [2.05, 4.69) is 20.4 Å². The fraction of sp³-hybridized carbons (Fsp3) is 0.364. The summed E-state index contributed by atoms with van der Waals surface area (Å²) in [5.41, 5.74) is 2.64. The predicted octanol–water partition coefficient (Wildman–Crippen LogP) is 2.51. The first-order valence-electron chi connectivity index (χ1n) is 10.1. The molecule has 1 aliphatic heterocycles. The lowest BCUT2D eigenvalue weighted by Crippen LogP contribution is -2.40. The largest absolute Gasteiger partial charge is 0.371 e. The van der Waals surface area contributed by atoms with Gasteiger partial charge in [0.15, 0.2) is 5.65 Å². The molecule has 0 saturated carbocycles. The molecule has 3 aromatic rings. The Morgan fingerprint density at radius 3 is 2.66 bits per heavy atom. The molecule has 0 bridgehead atoms. The number of pyridine rings is 1. The van der Waals surface area contributed by atoms with Crippen molar-refractivity contribution in [3.63, 3.8) is 0 Å². The fourth-order valence-corrected chi connectivity index (χ4v) is 3.83. The Morgan fingerprint density at radius 1 is 1.10 bits per heavy atom. The number of nitrogens with one attached hydrogen (secondary N) is 1. The standard InChI is InChI=1S/C22H25N5O2/c28-16-17-6-8-19(9-7-17)26-14-10-18(11-15-26)22(29)23-12-3-5-21-25-24-20-4-1-2-13-27(20)21/h1-2,4,6-9,13,16,18H,3,5,10-12,14-15H2,(H,23,29). The van der Waals surface area contributed by atoms with Crippen LogP contribution in [-0.4, -0.2) is 46.4 Å². The molecule has 1 fully saturated rings. The van der Waals surface area contributed by atoms with Crippen molar-refractivity contribution in [2.24, 2.45) is 5.92 Å². The van der Waals surface area contributed by atoms with Gasteiger partial charge in [-0.05, 0) is 55.7 Å². The van der Waals surface area contributed by atoms with Crippen molar-refractivity contribution in [1.29, 1.82) is 0 Å². The van der Waals surface area contributed by atoms with Crippen molar-refractivity contribution < 1.29 is 9.59 Å². The van der Waals surface area contributed by atoms with Gasteiger partial charge in [0.05, 0.1) is 0 Å². The maximum absolute atomic E-state index is 12.5. The highest BCUT2D eigenvalue weighted by atomic mass is 16.1. The second kappa shape index (κ2) is 8.86. The van der Waals surface area contributed by atoms with Crippen LogP contribution in [0.4, 0.5) is 5.69 Å². The van der Waals surface area contributed by atoms with Crippen LogP contribution in [-0.2, 0) is 11.2 Å². The SMILES string of the molecule is O=Cc1ccc(N2CCC(C(=O)NCCCc3nnc4ccccn34)CC2)cc1. The number of aromatic nitrogens is 3. The zero-order valence-corrected chi connectivity index (χ0v) is 16.3. The first-order valence-corrected chi connectivity index (χ1v) is 10.1. The zero-order valence-electron chi connectivity index (χ0n) is 16.3. The van der Waals surface area contributed by atoms with Gasteiger partial charge < -0.3 is 10.2 Å². The Labute approximate surface area is 169 Å². The number of carbonyl (C=O) groups is 2. The summed E-state index contributed by atoms with van der Waals surface area (Å²) in [6, 6.07) is 13.4. The van der Waals surface area contributed by atoms with E-state index in [0.29, 0.717) is 12.1 Å². The summed E-state index contributed by atoms with van der Waals surface area (Å²) in [4.78, 5) is 25.5. The van der Waals surface area contributed by atoms with E-state index in [4.69, 9.17) is 0 Å². The Balaban J connectivity index is 1.20. The van der Waals surface area contributed by atoms with E-state index in [1.54, 1.807) is 0 Å². The molecule has 150 valence electrons. The molecule has 0 aliphatic carbocycles. The summed E-state index contributed by atoms with van der Waals surface area (Å²) in [5.74, 6) is 1.13. The molecular weight excluding hydrogens is 366 g/mol. The van der Waals surface area contributed by atoms with Crippen LogP contribution in [0.3, 0.4) is 0 Å². The Morgan fingerprint density at radius 2 is 1.90 bits per heavy atom. The molecule has 3 heterocycles. The van der Waals surface area contributed by atoms with Gasteiger partial charge in [0.1, 0.15) is 12.1 Å². The topological polar surface area (TPSA) is 79.6 Å². The zero-order chi connectivity index (χ0) is 20.1. The molecule has 29 heavy (non-hydrogen) atoms. The van der Waals surface area contributed by atoms with Gasteiger partial charge in [0, 0.05) is 49.4 Å². The van der Waals surface area contributed by atoms with Crippen molar-refractivity contribution in [3.05, 3.63) is 60.0 Å². The fourth-order valence-electron chi connectivity index (χ4n) is 3.83. The average molecular weight is 391 g/mol. The van der Waals surface area contributed by atoms with Crippen LogP contribution in [0.2, 0.25) is 0 Å². The molecule has 0 spiro atoms. The summed E-state index contributed by atoms with van der Waals surface area (Å²) in [5, 5.41) is 11.5. The van der Waals surface area contributed by atoms with Crippen LogP contribution in [0, 0.1) is 5.92 Å². The summed E-state index contributed by atoms with van der Waals surface area (Å²) in [7, 11) is 0. The maximum atomic E-state index is 12.5. The molecule has 0 unspecified atom stereocenters. The molecule has 1 N–H and O–H groups in total. The van der Waals surface area contributed by atoms with Gasteiger partial charge >= 0.3 is 0 Å². The maximum Gasteiger partial charge on any atom is 0.223 e. The number of piperidine rings is 1. The van der Waals surface area contributed by atoms with Gasteiger partial charge in [-0.1, -0.05) is 6.07 Å². The van der Waals surface area contributed by atoms with Gasteiger partial charge in [-0.15, -0.1) is 10.2 Å². The van der Waals surface area contributed by atoms with Crippen LogP contribution >= 0.6 is 0 Å². The van der Waals surface area contributed by atoms with E-state index in [-0.39, 0.29) is 11.8 Å². The number of aldehydes is 1. The van der Waals surface area contributed by atoms with Gasteiger partial charge in [0.2, 0.25) is 5.91 Å².